The average Bonchev–Trinajstić information content (AvgIpc) is 2.97. The lowest BCUT2D eigenvalue weighted by Crippen LogP contribution is -2.15. The van der Waals surface area contributed by atoms with Crippen molar-refractivity contribution in [2.45, 2.75) is 4.90 Å². The normalized spacial score (nSPS) is 11.7. The lowest BCUT2D eigenvalue weighted by atomic mass is 10.0. The number of anilines is 2. The number of carbonyl (C=O) groups is 1. The summed E-state index contributed by atoms with van der Waals surface area (Å²) in [4.78, 5) is 23.9. The van der Waals surface area contributed by atoms with Crippen LogP contribution in [0.15, 0.2) is 126 Å². The van der Waals surface area contributed by atoms with Gasteiger partial charge in [-0.1, -0.05) is 66.7 Å². The van der Waals surface area contributed by atoms with Gasteiger partial charge in [0.2, 0.25) is 0 Å². The van der Waals surface area contributed by atoms with E-state index in [4.69, 9.17) is 0 Å². The molecule has 1 amide bonds. The number of nitrogens with zero attached hydrogens (tertiary/aromatic N) is 1. The van der Waals surface area contributed by atoms with Gasteiger partial charge in [-0.2, -0.15) is 0 Å². The summed E-state index contributed by atoms with van der Waals surface area (Å²) in [5, 5.41) is 15.5. The van der Waals surface area contributed by atoms with E-state index in [1.54, 1.807) is 54.6 Å². The molecule has 0 bridgehead atoms. The molecule has 0 fully saturated rings. The number of hydrogen-bond acceptors (Lipinski definition) is 5. The van der Waals surface area contributed by atoms with Gasteiger partial charge < -0.3 is 5.32 Å². The number of benzene rings is 5. The van der Waals surface area contributed by atoms with Crippen molar-refractivity contribution in [3.63, 3.8) is 0 Å². The number of amides is 1. The summed E-state index contributed by atoms with van der Waals surface area (Å²) in [6.45, 7) is 0. The summed E-state index contributed by atoms with van der Waals surface area (Å²) in [7, 11) is -3.88. The Balaban J connectivity index is 1.37. The molecule has 0 aromatic heterocycles. The highest BCUT2D eigenvalue weighted by molar-refractivity contribution is 7.92. The van der Waals surface area contributed by atoms with Gasteiger partial charge in [0, 0.05) is 28.8 Å². The molecule has 9 heteroatoms. The predicted molar refractivity (Wildman–Crippen MR) is 157 cm³/mol. The summed E-state index contributed by atoms with van der Waals surface area (Å²) >= 11 is 0. The van der Waals surface area contributed by atoms with Crippen LogP contribution in [-0.4, -0.2) is 19.2 Å². The number of carbonyl (C=O) groups excluding carboxylic acids is 1. The van der Waals surface area contributed by atoms with E-state index in [0.717, 1.165) is 10.8 Å². The maximum Gasteiger partial charge on any atom is 0.269 e. The van der Waals surface area contributed by atoms with Crippen molar-refractivity contribution in [1.29, 1.82) is 0 Å². The quantitative estimate of drug-likeness (QED) is 0.0963. The lowest BCUT2D eigenvalue weighted by molar-refractivity contribution is -0.384. The molecule has 8 nitrogen and oxygen atoms in total. The Hall–Kier alpha value is -5.28. The molecule has 198 valence electrons. The fraction of sp³-hybridized carbons (Fsp3) is 0. The van der Waals surface area contributed by atoms with E-state index in [2.05, 4.69) is 10.0 Å². The molecule has 0 heterocycles. The first-order valence-corrected chi connectivity index (χ1v) is 13.7. The monoisotopic (exact) mass is 549 g/mol. The van der Waals surface area contributed by atoms with Crippen molar-refractivity contribution >= 4 is 55.4 Å². The van der Waals surface area contributed by atoms with E-state index in [-0.39, 0.29) is 10.6 Å². The summed E-state index contributed by atoms with van der Waals surface area (Å²) in [6, 6.07) is 33.6. The third-order valence-corrected chi connectivity index (χ3v) is 7.58. The summed E-state index contributed by atoms with van der Waals surface area (Å²) < 4.78 is 28.8. The highest BCUT2D eigenvalue weighted by Gasteiger charge is 2.17. The highest BCUT2D eigenvalue weighted by Crippen LogP contribution is 2.27. The van der Waals surface area contributed by atoms with Crippen LogP contribution in [0.4, 0.5) is 17.1 Å². The fourth-order valence-corrected chi connectivity index (χ4v) is 5.27. The zero-order valence-electron chi connectivity index (χ0n) is 21.0. The van der Waals surface area contributed by atoms with E-state index in [1.165, 1.54) is 36.4 Å². The van der Waals surface area contributed by atoms with Gasteiger partial charge in [0.15, 0.2) is 0 Å². The second-order valence-corrected chi connectivity index (χ2v) is 10.6. The predicted octanol–water partition coefficient (Wildman–Crippen LogP) is 6.73. The van der Waals surface area contributed by atoms with Crippen LogP contribution < -0.4 is 10.0 Å². The zero-order chi connectivity index (χ0) is 28.1. The SMILES string of the molecule is O=C(Nc1ccc(S(=O)(=O)Nc2cccc3ccccc23)cc1)/C(=C/c1ccc([N+](=O)[O-])cc1)c1ccccc1. The van der Waals surface area contributed by atoms with Gasteiger partial charge in [-0.05, 0) is 65.1 Å². The molecule has 0 spiro atoms. The molecule has 0 aliphatic rings. The first-order valence-electron chi connectivity index (χ1n) is 12.2. The van der Waals surface area contributed by atoms with Crippen LogP contribution in [0.2, 0.25) is 0 Å². The maximum absolute atomic E-state index is 13.3. The van der Waals surface area contributed by atoms with Crippen LogP contribution in [0.1, 0.15) is 11.1 Å². The van der Waals surface area contributed by atoms with Crippen LogP contribution in [-0.2, 0) is 14.8 Å². The fourth-order valence-electron chi connectivity index (χ4n) is 4.19. The molecule has 0 radical (unpaired) electrons. The Morgan fingerprint density at radius 3 is 2.10 bits per heavy atom. The minimum atomic E-state index is -3.88. The Morgan fingerprint density at radius 2 is 1.40 bits per heavy atom. The first kappa shape index (κ1) is 26.3. The largest absolute Gasteiger partial charge is 0.322 e. The smallest absolute Gasteiger partial charge is 0.269 e. The minimum absolute atomic E-state index is 0.0446. The molecule has 5 rings (SSSR count). The molecular weight excluding hydrogens is 526 g/mol. The van der Waals surface area contributed by atoms with Crippen molar-refractivity contribution in [3.05, 3.63) is 143 Å². The number of hydrogen-bond donors (Lipinski definition) is 2. The Bertz CT molecular complexity index is 1830. The number of fused-ring (bicyclic) bond motifs is 1. The number of sulfonamides is 1. The molecule has 2 N–H and O–H groups in total. The van der Waals surface area contributed by atoms with Crippen LogP contribution in [0, 0.1) is 10.1 Å². The molecule has 0 unspecified atom stereocenters. The van der Waals surface area contributed by atoms with E-state index in [0.29, 0.717) is 28.1 Å². The molecule has 5 aromatic rings. The molecule has 0 atom stereocenters. The van der Waals surface area contributed by atoms with E-state index >= 15 is 0 Å². The molecular formula is C31H23N3O5S. The standard InChI is InChI=1S/C31H23N3O5S/c35-31(29(24-7-2-1-3-8-24)21-22-13-17-26(18-14-22)34(36)37)32-25-15-19-27(20-16-25)40(38,39)33-30-12-6-10-23-9-4-5-11-28(23)30/h1-21,33H,(H,32,35)/b29-21+. The van der Waals surface area contributed by atoms with Gasteiger partial charge >= 0.3 is 0 Å². The number of non-ortho nitro benzene ring substituents is 1. The third kappa shape index (κ3) is 5.90. The first-order chi connectivity index (χ1) is 19.3. The lowest BCUT2D eigenvalue weighted by Gasteiger charge is -2.12. The number of nitro benzene ring substituents is 1. The van der Waals surface area contributed by atoms with Crippen LogP contribution in [0.25, 0.3) is 22.4 Å². The van der Waals surface area contributed by atoms with E-state index in [9.17, 15) is 23.3 Å². The zero-order valence-corrected chi connectivity index (χ0v) is 21.8. The van der Waals surface area contributed by atoms with Crippen LogP contribution >= 0.6 is 0 Å². The van der Waals surface area contributed by atoms with Crippen molar-refractivity contribution < 1.29 is 18.1 Å². The third-order valence-electron chi connectivity index (χ3n) is 6.20. The van der Waals surface area contributed by atoms with Gasteiger partial charge in [-0.3, -0.25) is 19.6 Å². The number of rotatable bonds is 8. The number of nitro groups is 1. The average molecular weight is 550 g/mol. The Morgan fingerprint density at radius 1 is 0.750 bits per heavy atom. The topological polar surface area (TPSA) is 118 Å². The summed E-state index contributed by atoms with van der Waals surface area (Å²) in [5.74, 6) is -0.422. The maximum atomic E-state index is 13.3. The number of nitrogens with one attached hydrogen (secondary N) is 2. The molecule has 40 heavy (non-hydrogen) atoms. The van der Waals surface area contributed by atoms with Crippen LogP contribution in [0.3, 0.4) is 0 Å². The van der Waals surface area contributed by atoms with Crippen molar-refractivity contribution in [2.24, 2.45) is 0 Å². The molecule has 0 saturated heterocycles. The van der Waals surface area contributed by atoms with Gasteiger partial charge in [-0.15, -0.1) is 0 Å². The van der Waals surface area contributed by atoms with Crippen LogP contribution in [0.5, 0.6) is 0 Å². The molecule has 5 aromatic carbocycles. The van der Waals surface area contributed by atoms with E-state index < -0.39 is 20.9 Å². The minimum Gasteiger partial charge on any atom is -0.322 e. The second-order valence-electron chi connectivity index (χ2n) is 8.88. The van der Waals surface area contributed by atoms with Gasteiger partial charge in [0.05, 0.1) is 15.5 Å². The van der Waals surface area contributed by atoms with Gasteiger partial charge in [0.25, 0.3) is 21.6 Å². The summed E-state index contributed by atoms with van der Waals surface area (Å²) in [6.07, 6.45) is 1.64. The van der Waals surface area contributed by atoms with E-state index in [1.807, 2.05) is 36.4 Å². The van der Waals surface area contributed by atoms with Crippen molar-refractivity contribution in [3.8, 4) is 0 Å². The molecule has 0 aliphatic carbocycles. The van der Waals surface area contributed by atoms with Crippen molar-refractivity contribution in [2.75, 3.05) is 10.0 Å². The Labute approximate surface area is 230 Å². The van der Waals surface area contributed by atoms with Gasteiger partial charge in [0.1, 0.15) is 0 Å². The highest BCUT2D eigenvalue weighted by atomic mass is 32.2. The Kier molecular flexibility index (Phi) is 7.39. The second kappa shape index (κ2) is 11.2. The molecule has 0 saturated carbocycles. The summed E-state index contributed by atoms with van der Waals surface area (Å²) in [5.41, 5.74) is 2.42. The van der Waals surface area contributed by atoms with Gasteiger partial charge in [-0.25, -0.2) is 8.42 Å². The van der Waals surface area contributed by atoms with Crippen molar-refractivity contribution in [1.82, 2.24) is 0 Å². The molecule has 0 aliphatic heterocycles.